The van der Waals surface area contributed by atoms with E-state index in [1.165, 1.54) is 0 Å². The molecule has 1 heterocycles. The highest BCUT2D eigenvalue weighted by Crippen LogP contribution is 2.20. The first-order valence-electron chi connectivity index (χ1n) is 6.75. The second-order valence-corrected chi connectivity index (χ2v) is 4.86. The number of carbonyl (C=O) groups excluding carboxylic acids is 1. The lowest BCUT2D eigenvalue weighted by molar-refractivity contribution is -0.142. The fourth-order valence-electron chi connectivity index (χ4n) is 2.15. The number of carboxylic acids is 2. The van der Waals surface area contributed by atoms with E-state index in [4.69, 9.17) is 10.2 Å². The van der Waals surface area contributed by atoms with Crippen molar-refractivity contribution in [3.63, 3.8) is 0 Å². The molecule has 0 unspecified atom stereocenters. The Morgan fingerprint density at radius 2 is 1.65 bits per heavy atom. The molecular weight excluding hydrogens is 302 g/mol. The largest absolute Gasteiger partial charge is 0.480 e. The highest BCUT2D eigenvalue weighted by molar-refractivity contribution is 6.01. The zero-order chi connectivity index (χ0) is 16.8. The van der Waals surface area contributed by atoms with Crippen LogP contribution in [0.5, 0.6) is 0 Å². The third-order valence-corrected chi connectivity index (χ3v) is 2.99. The number of carbonyl (C=O) groups is 3. The smallest absolute Gasteiger partial charge is 0.317 e. The van der Waals surface area contributed by atoms with Gasteiger partial charge in [-0.3, -0.25) is 24.3 Å². The monoisotopic (exact) mass is 317 g/mol. The van der Waals surface area contributed by atoms with Gasteiger partial charge in [0, 0.05) is 11.6 Å². The maximum absolute atomic E-state index is 12.1. The molecule has 0 bridgehead atoms. The Morgan fingerprint density at radius 1 is 1.00 bits per heavy atom. The van der Waals surface area contributed by atoms with Crippen molar-refractivity contribution in [3.8, 4) is 0 Å². The lowest BCUT2D eigenvalue weighted by atomic mass is 10.2. The van der Waals surface area contributed by atoms with Crippen LogP contribution in [0.1, 0.15) is 0 Å². The Balaban J connectivity index is 2.10. The van der Waals surface area contributed by atoms with Gasteiger partial charge in [-0.25, -0.2) is 0 Å². The Hall–Kier alpha value is -3.00. The van der Waals surface area contributed by atoms with Gasteiger partial charge in [0.2, 0.25) is 5.91 Å². The number of hydrogen-bond donors (Lipinski definition) is 3. The number of aliphatic carboxylic acids is 2. The van der Waals surface area contributed by atoms with Gasteiger partial charge in [0.15, 0.2) is 0 Å². The third-order valence-electron chi connectivity index (χ3n) is 2.99. The van der Waals surface area contributed by atoms with E-state index in [2.05, 4.69) is 10.3 Å². The first kappa shape index (κ1) is 16.4. The summed E-state index contributed by atoms with van der Waals surface area (Å²) in [6, 6.07) is 8.89. The number of fused-ring (bicyclic) bond motifs is 1. The maximum Gasteiger partial charge on any atom is 0.317 e. The van der Waals surface area contributed by atoms with E-state index in [-0.39, 0.29) is 6.54 Å². The topological polar surface area (TPSA) is 120 Å². The first-order chi connectivity index (χ1) is 11.0. The molecule has 1 aromatic carbocycles. The quantitative estimate of drug-likeness (QED) is 0.685. The average molecular weight is 317 g/mol. The van der Waals surface area contributed by atoms with Crippen molar-refractivity contribution in [2.75, 3.05) is 25.0 Å². The average Bonchev–Trinajstić information content (AvgIpc) is 2.46. The van der Waals surface area contributed by atoms with Crippen molar-refractivity contribution >= 4 is 34.4 Å². The van der Waals surface area contributed by atoms with Crippen LogP contribution in [0, 0.1) is 0 Å². The summed E-state index contributed by atoms with van der Waals surface area (Å²) in [5.41, 5.74) is 1.09. The van der Waals surface area contributed by atoms with Gasteiger partial charge in [-0.1, -0.05) is 18.2 Å². The van der Waals surface area contributed by atoms with Gasteiger partial charge < -0.3 is 15.5 Å². The zero-order valence-electron chi connectivity index (χ0n) is 12.1. The lowest BCUT2D eigenvalue weighted by Gasteiger charge is -2.17. The normalized spacial score (nSPS) is 10.7. The Morgan fingerprint density at radius 3 is 2.30 bits per heavy atom. The van der Waals surface area contributed by atoms with Crippen molar-refractivity contribution in [2.24, 2.45) is 0 Å². The van der Waals surface area contributed by atoms with E-state index in [1.54, 1.807) is 24.4 Å². The summed E-state index contributed by atoms with van der Waals surface area (Å²) < 4.78 is 0. The number of amides is 1. The molecule has 0 saturated carbocycles. The minimum absolute atomic E-state index is 0.345. The van der Waals surface area contributed by atoms with E-state index in [9.17, 15) is 14.4 Å². The van der Waals surface area contributed by atoms with Gasteiger partial charge in [-0.2, -0.15) is 0 Å². The van der Waals surface area contributed by atoms with Crippen LogP contribution in [-0.4, -0.2) is 57.6 Å². The summed E-state index contributed by atoms with van der Waals surface area (Å²) in [5, 5.41) is 21.0. The van der Waals surface area contributed by atoms with Crippen molar-refractivity contribution in [3.05, 3.63) is 36.5 Å². The summed E-state index contributed by atoms with van der Waals surface area (Å²) in [5.74, 6) is -2.91. The van der Waals surface area contributed by atoms with Crippen LogP contribution in [0.15, 0.2) is 36.5 Å². The van der Waals surface area contributed by atoms with E-state index in [0.29, 0.717) is 11.2 Å². The van der Waals surface area contributed by atoms with Crippen molar-refractivity contribution < 1.29 is 24.6 Å². The number of aromatic nitrogens is 1. The van der Waals surface area contributed by atoms with Crippen LogP contribution in [-0.2, 0) is 14.4 Å². The number of anilines is 1. The molecule has 0 aliphatic rings. The molecule has 0 aliphatic heterocycles. The Kier molecular flexibility index (Phi) is 5.21. The number of nitrogens with zero attached hydrogens (tertiary/aromatic N) is 2. The molecule has 0 spiro atoms. The molecule has 0 fully saturated rings. The minimum Gasteiger partial charge on any atom is -0.480 e. The van der Waals surface area contributed by atoms with E-state index < -0.39 is 30.9 Å². The number of rotatable bonds is 7. The van der Waals surface area contributed by atoms with Crippen LogP contribution in [0.3, 0.4) is 0 Å². The number of nitrogens with one attached hydrogen (secondary N) is 1. The SMILES string of the molecule is O=C(O)CN(CC(=O)O)CC(=O)Nc1cccc2cccnc12. The molecule has 23 heavy (non-hydrogen) atoms. The van der Waals surface area contributed by atoms with Crippen molar-refractivity contribution in [2.45, 2.75) is 0 Å². The van der Waals surface area contributed by atoms with Gasteiger partial charge in [-0.05, 0) is 12.1 Å². The molecule has 0 saturated heterocycles. The standard InChI is InChI=1S/C15H15N3O5/c19-12(7-18(8-13(20)21)9-14(22)23)17-11-5-1-3-10-4-2-6-16-15(10)11/h1-6H,7-9H2,(H,17,19)(H,20,21)(H,22,23). The molecule has 0 atom stereocenters. The Bertz CT molecular complexity index is 725. The molecule has 2 rings (SSSR count). The van der Waals surface area contributed by atoms with Crippen LogP contribution >= 0.6 is 0 Å². The highest BCUT2D eigenvalue weighted by Gasteiger charge is 2.17. The first-order valence-corrected chi connectivity index (χ1v) is 6.75. The molecule has 8 heteroatoms. The minimum atomic E-state index is -1.20. The Labute approximate surface area is 131 Å². The molecule has 3 N–H and O–H groups in total. The predicted octanol–water partition coefficient (Wildman–Crippen LogP) is 0.644. The van der Waals surface area contributed by atoms with Crippen LogP contribution < -0.4 is 5.32 Å². The number of hydrogen-bond acceptors (Lipinski definition) is 5. The number of benzene rings is 1. The van der Waals surface area contributed by atoms with Crippen molar-refractivity contribution in [1.82, 2.24) is 9.88 Å². The van der Waals surface area contributed by atoms with Gasteiger partial charge >= 0.3 is 11.9 Å². The fraction of sp³-hybridized carbons (Fsp3) is 0.200. The van der Waals surface area contributed by atoms with E-state index in [1.807, 2.05) is 12.1 Å². The lowest BCUT2D eigenvalue weighted by Crippen LogP contribution is -2.40. The number of pyridine rings is 1. The second-order valence-electron chi connectivity index (χ2n) is 4.86. The molecule has 0 radical (unpaired) electrons. The summed E-state index contributed by atoms with van der Waals surface area (Å²) in [6.45, 7) is -1.41. The van der Waals surface area contributed by atoms with Crippen molar-refractivity contribution in [1.29, 1.82) is 0 Å². The summed E-state index contributed by atoms with van der Waals surface area (Å²) in [6.07, 6.45) is 1.60. The summed E-state index contributed by atoms with van der Waals surface area (Å²) in [4.78, 5) is 38.7. The molecule has 1 amide bonds. The number of carboxylic acid groups (broad SMARTS) is 2. The second kappa shape index (κ2) is 7.32. The molecule has 0 aliphatic carbocycles. The summed E-state index contributed by atoms with van der Waals surface area (Å²) >= 11 is 0. The van der Waals surface area contributed by atoms with Gasteiger partial charge in [0.25, 0.3) is 0 Å². The van der Waals surface area contributed by atoms with E-state index in [0.717, 1.165) is 10.3 Å². The molecular formula is C15H15N3O5. The van der Waals surface area contributed by atoms with Crippen LogP contribution in [0.2, 0.25) is 0 Å². The van der Waals surface area contributed by atoms with E-state index >= 15 is 0 Å². The zero-order valence-corrected chi connectivity index (χ0v) is 12.1. The van der Waals surface area contributed by atoms with Gasteiger partial charge in [0.1, 0.15) is 0 Å². The summed E-state index contributed by atoms with van der Waals surface area (Å²) in [7, 11) is 0. The van der Waals surface area contributed by atoms with Crippen LogP contribution in [0.4, 0.5) is 5.69 Å². The predicted molar refractivity (Wildman–Crippen MR) is 82.1 cm³/mol. The maximum atomic E-state index is 12.1. The van der Waals surface area contributed by atoms with Gasteiger partial charge in [-0.15, -0.1) is 0 Å². The molecule has 1 aromatic heterocycles. The fourth-order valence-corrected chi connectivity index (χ4v) is 2.15. The van der Waals surface area contributed by atoms with Gasteiger partial charge in [0.05, 0.1) is 30.8 Å². The number of para-hydroxylation sites is 1. The highest BCUT2D eigenvalue weighted by atomic mass is 16.4. The molecule has 8 nitrogen and oxygen atoms in total. The third kappa shape index (κ3) is 4.75. The molecule has 120 valence electrons. The molecule has 2 aromatic rings. The van der Waals surface area contributed by atoms with Crippen LogP contribution in [0.25, 0.3) is 10.9 Å².